The maximum atomic E-state index is 13.6. The normalized spacial score (nSPS) is 20.4. The summed E-state index contributed by atoms with van der Waals surface area (Å²) in [4.78, 5) is 39.1. The van der Waals surface area contributed by atoms with E-state index in [1.807, 2.05) is 0 Å². The molecule has 2 amide bonds. The van der Waals surface area contributed by atoms with Crippen LogP contribution in [0, 0.1) is 19.7 Å². The van der Waals surface area contributed by atoms with Gasteiger partial charge in [0.25, 0.3) is 17.6 Å². The molecule has 3 N–H and O–H groups in total. The monoisotopic (exact) mass is 455 g/mol. The molecule has 0 unspecified atom stereocenters. The minimum Gasteiger partial charge on any atom is -0.393 e. The number of carbonyl (C=O) groups is 3. The molecule has 7 nitrogen and oxygen atoms in total. The Morgan fingerprint density at radius 3 is 2.33 bits per heavy atom. The van der Waals surface area contributed by atoms with Crippen LogP contribution in [0.5, 0.6) is 0 Å². The van der Waals surface area contributed by atoms with Gasteiger partial charge in [0.1, 0.15) is 5.82 Å². The molecule has 33 heavy (non-hydrogen) atoms. The topological polar surface area (TPSA) is 100 Å². The Hall–Kier alpha value is -3.00. The number of ketones is 1. The smallest absolute Gasteiger partial charge is 0.294 e. The number of anilines is 1. The van der Waals surface area contributed by atoms with Gasteiger partial charge in [0, 0.05) is 30.4 Å². The van der Waals surface area contributed by atoms with Crippen LogP contribution in [0.25, 0.3) is 0 Å². The minimum absolute atomic E-state index is 0.141. The van der Waals surface area contributed by atoms with Crippen LogP contribution in [0.1, 0.15) is 82.1 Å². The van der Waals surface area contributed by atoms with Crippen LogP contribution in [0.3, 0.4) is 0 Å². The van der Waals surface area contributed by atoms with E-state index in [0.29, 0.717) is 48.1 Å². The van der Waals surface area contributed by atoms with Gasteiger partial charge in [0.15, 0.2) is 0 Å². The van der Waals surface area contributed by atoms with E-state index in [9.17, 15) is 23.9 Å². The van der Waals surface area contributed by atoms with Crippen LogP contribution >= 0.6 is 0 Å². The fraction of sp³-hybridized carbons (Fsp3) is 0.480. The Morgan fingerprint density at radius 1 is 1.06 bits per heavy atom. The first kappa shape index (κ1) is 23.2. The van der Waals surface area contributed by atoms with Gasteiger partial charge in [-0.3, -0.25) is 14.4 Å². The van der Waals surface area contributed by atoms with Gasteiger partial charge in [-0.15, -0.1) is 0 Å². The van der Waals surface area contributed by atoms with Crippen molar-refractivity contribution in [3.63, 3.8) is 0 Å². The molecule has 0 saturated heterocycles. The molecular formula is C25H30FN3O4. The summed E-state index contributed by atoms with van der Waals surface area (Å²) in [6.07, 6.45) is 3.93. The van der Waals surface area contributed by atoms with Crippen molar-refractivity contribution in [1.29, 1.82) is 0 Å². The molecule has 8 heteroatoms. The average molecular weight is 456 g/mol. The van der Waals surface area contributed by atoms with Crippen LogP contribution in [0.15, 0.2) is 18.2 Å². The first-order chi connectivity index (χ1) is 15.7. The number of Topliss-reactive ketones (excluding diaryl/α,β-unsaturated/α-hetero) is 1. The molecular weight excluding hydrogens is 425 g/mol. The van der Waals surface area contributed by atoms with Gasteiger partial charge >= 0.3 is 0 Å². The number of aryl methyl sites for hydroxylation is 1. The van der Waals surface area contributed by atoms with Crippen molar-refractivity contribution in [2.45, 2.75) is 70.4 Å². The highest BCUT2D eigenvalue weighted by atomic mass is 19.1. The van der Waals surface area contributed by atoms with Gasteiger partial charge in [-0.05, 0) is 81.7 Å². The van der Waals surface area contributed by atoms with Crippen LogP contribution in [0.4, 0.5) is 10.1 Å². The third-order valence-corrected chi connectivity index (χ3v) is 6.74. The highest BCUT2D eigenvalue weighted by molar-refractivity contribution is 6.43. The molecule has 0 bridgehead atoms. The number of hydrogen-bond donors (Lipinski definition) is 3. The fourth-order valence-corrected chi connectivity index (χ4v) is 4.79. The third-order valence-electron chi connectivity index (χ3n) is 6.74. The van der Waals surface area contributed by atoms with E-state index in [4.69, 9.17) is 0 Å². The summed E-state index contributed by atoms with van der Waals surface area (Å²) in [7, 11) is 1.72. The maximum Gasteiger partial charge on any atom is 0.294 e. The summed E-state index contributed by atoms with van der Waals surface area (Å²) in [6, 6.07) is 4.21. The molecule has 2 fully saturated rings. The van der Waals surface area contributed by atoms with E-state index < -0.39 is 11.7 Å². The number of nitrogens with zero attached hydrogens (tertiary/aromatic N) is 1. The van der Waals surface area contributed by atoms with E-state index in [1.165, 1.54) is 12.1 Å². The molecule has 2 aliphatic rings. The number of amides is 2. The lowest BCUT2D eigenvalue weighted by atomic mass is 9.93. The molecule has 1 aromatic carbocycles. The Morgan fingerprint density at radius 2 is 1.73 bits per heavy atom. The Balaban J connectivity index is 1.60. The largest absolute Gasteiger partial charge is 0.393 e. The Bertz CT molecular complexity index is 1110. The zero-order valence-electron chi connectivity index (χ0n) is 19.2. The van der Waals surface area contributed by atoms with Gasteiger partial charge in [0.05, 0.1) is 17.4 Å². The molecule has 0 aliphatic heterocycles. The van der Waals surface area contributed by atoms with E-state index in [-0.39, 0.29) is 35.5 Å². The first-order valence-corrected chi connectivity index (χ1v) is 11.5. The number of halogens is 1. The lowest BCUT2D eigenvalue weighted by Gasteiger charge is -2.25. The molecule has 0 atom stereocenters. The predicted octanol–water partition coefficient (Wildman–Crippen LogP) is 3.51. The van der Waals surface area contributed by atoms with Crippen molar-refractivity contribution in [3.05, 3.63) is 52.1 Å². The number of nitrogens with one attached hydrogen (secondary N) is 2. The molecule has 2 saturated carbocycles. The summed E-state index contributed by atoms with van der Waals surface area (Å²) in [5.74, 6) is -1.93. The molecule has 1 aromatic heterocycles. The zero-order chi connectivity index (χ0) is 23.9. The lowest BCUT2D eigenvalue weighted by molar-refractivity contribution is -0.118. The lowest BCUT2D eigenvalue weighted by Crippen LogP contribution is -2.42. The summed E-state index contributed by atoms with van der Waals surface area (Å²) in [6.45, 7) is 3.31. The van der Waals surface area contributed by atoms with Crippen molar-refractivity contribution >= 4 is 23.3 Å². The second-order valence-electron chi connectivity index (χ2n) is 9.29. The molecule has 2 aliphatic carbocycles. The predicted molar refractivity (Wildman–Crippen MR) is 122 cm³/mol. The first-order valence-electron chi connectivity index (χ1n) is 11.5. The van der Waals surface area contributed by atoms with Crippen LogP contribution < -0.4 is 10.6 Å². The highest BCUT2D eigenvalue weighted by Crippen LogP contribution is 2.44. The molecule has 0 spiro atoms. The molecule has 2 aromatic rings. The number of benzene rings is 1. The minimum atomic E-state index is -0.691. The van der Waals surface area contributed by atoms with E-state index in [1.54, 1.807) is 31.5 Å². The van der Waals surface area contributed by atoms with Crippen molar-refractivity contribution in [2.75, 3.05) is 5.32 Å². The highest BCUT2D eigenvalue weighted by Gasteiger charge is 2.37. The van der Waals surface area contributed by atoms with Crippen molar-refractivity contribution in [2.24, 2.45) is 7.05 Å². The maximum absolute atomic E-state index is 13.6. The van der Waals surface area contributed by atoms with E-state index in [2.05, 4.69) is 10.6 Å². The molecule has 4 rings (SSSR count). The summed E-state index contributed by atoms with van der Waals surface area (Å²) in [5.41, 5.74) is 2.72. The number of aromatic nitrogens is 1. The van der Waals surface area contributed by atoms with Gasteiger partial charge in [0.2, 0.25) is 0 Å². The van der Waals surface area contributed by atoms with Crippen LogP contribution in [0.2, 0.25) is 0 Å². The van der Waals surface area contributed by atoms with Crippen molar-refractivity contribution < 1.29 is 23.9 Å². The Kier molecular flexibility index (Phi) is 6.38. The zero-order valence-corrected chi connectivity index (χ0v) is 19.2. The SMILES string of the molecule is Cc1cc(NC(=O)c2c(C)c(C(=O)C(=O)NC3CCC(O)CC3)n(C)c2C2CC2)ccc1F. The summed E-state index contributed by atoms with van der Waals surface area (Å²) < 4.78 is 15.3. The molecule has 1 heterocycles. The van der Waals surface area contributed by atoms with Gasteiger partial charge in [-0.1, -0.05) is 0 Å². The van der Waals surface area contributed by atoms with Crippen molar-refractivity contribution in [3.8, 4) is 0 Å². The quantitative estimate of drug-likeness (QED) is 0.458. The summed E-state index contributed by atoms with van der Waals surface area (Å²) >= 11 is 0. The van der Waals surface area contributed by atoms with Gasteiger partial charge < -0.3 is 20.3 Å². The molecule has 176 valence electrons. The van der Waals surface area contributed by atoms with Gasteiger partial charge in [-0.25, -0.2) is 4.39 Å². The van der Waals surface area contributed by atoms with Crippen LogP contribution in [-0.4, -0.2) is 39.4 Å². The number of rotatable bonds is 6. The third kappa shape index (κ3) is 4.71. The number of carbonyl (C=O) groups excluding carboxylic acids is 3. The number of aliphatic hydroxyl groups excluding tert-OH is 1. The number of aliphatic hydroxyl groups is 1. The molecule has 0 radical (unpaired) electrons. The standard InChI is InChI=1S/C25H30FN3O4/c1-13-12-17(8-11-19(13)26)28-24(32)20-14(2)21(29(3)22(20)15-4-5-15)23(31)25(33)27-16-6-9-18(30)10-7-16/h8,11-12,15-16,18,30H,4-7,9-10H2,1-3H3,(H,27,33)(H,28,32). The fourth-order valence-electron chi connectivity index (χ4n) is 4.79. The van der Waals surface area contributed by atoms with E-state index >= 15 is 0 Å². The second kappa shape index (κ2) is 9.09. The van der Waals surface area contributed by atoms with E-state index in [0.717, 1.165) is 18.5 Å². The van der Waals surface area contributed by atoms with Crippen LogP contribution in [-0.2, 0) is 11.8 Å². The Labute approximate surface area is 192 Å². The van der Waals surface area contributed by atoms with Gasteiger partial charge in [-0.2, -0.15) is 0 Å². The van der Waals surface area contributed by atoms with Crippen molar-refractivity contribution in [1.82, 2.24) is 9.88 Å². The average Bonchev–Trinajstić information content (AvgIpc) is 3.57. The summed E-state index contributed by atoms with van der Waals surface area (Å²) in [5, 5.41) is 15.3. The number of hydrogen-bond acceptors (Lipinski definition) is 4. The second-order valence-corrected chi connectivity index (χ2v) is 9.29.